The van der Waals surface area contributed by atoms with Gasteiger partial charge in [0.05, 0.1) is 0 Å². The van der Waals surface area contributed by atoms with Crippen LogP contribution in [0.5, 0.6) is 0 Å². The maximum absolute atomic E-state index is 13.0. The average Bonchev–Trinajstić information content (AvgIpc) is 2.70. The largest absolute Gasteiger partial charge is 0.444 e. The summed E-state index contributed by atoms with van der Waals surface area (Å²) in [5.41, 5.74) is 0.978. The van der Waals surface area contributed by atoms with Crippen molar-refractivity contribution in [1.29, 1.82) is 0 Å². The minimum absolute atomic E-state index is 0.194. The number of amides is 2. The molecule has 0 unspecified atom stereocenters. The van der Waals surface area contributed by atoms with Crippen LogP contribution in [0.3, 0.4) is 0 Å². The summed E-state index contributed by atoms with van der Waals surface area (Å²) < 4.78 is 11.4. The molecule has 0 aliphatic heterocycles. The first-order valence-electron chi connectivity index (χ1n) is 12.7. The Kier molecular flexibility index (Phi) is 11.9. The first kappa shape index (κ1) is 29.8. The second-order valence-corrected chi connectivity index (χ2v) is 11.4. The first-order chi connectivity index (χ1) is 15.7. The molecular weight excluding hydrogens is 428 g/mol. The Morgan fingerprint density at radius 3 is 1.94 bits per heavy atom. The number of hydrogen-bond acceptors (Lipinski definition) is 4. The lowest BCUT2D eigenvalue weighted by Crippen LogP contribution is -2.46. The SMILES string of the molecule is C=C/C(=C\C=C(C)C)CN(CCCN(C(=O)OC(C)(C)C)C1CCCCC1)C(=O)OC(C)(C)C. The second-order valence-electron chi connectivity index (χ2n) is 11.4. The summed E-state index contributed by atoms with van der Waals surface area (Å²) in [6.07, 6.45) is 11.3. The fourth-order valence-corrected chi connectivity index (χ4v) is 3.81. The van der Waals surface area contributed by atoms with Crippen LogP contribution >= 0.6 is 0 Å². The highest BCUT2D eigenvalue weighted by atomic mass is 16.6. The Morgan fingerprint density at radius 2 is 1.44 bits per heavy atom. The standard InChI is InChI=1S/C28H48N2O4/c1-10-23(18-17-22(2)3)21-29(25(31)33-27(4,5)6)19-14-20-30(24-15-12-11-13-16-24)26(32)34-28(7,8)9/h10,17-18,24H,1,11-16,19-21H2,2-9H3/b23-18+. The van der Waals surface area contributed by atoms with E-state index >= 15 is 0 Å². The maximum Gasteiger partial charge on any atom is 0.410 e. The summed E-state index contributed by atoms with van der Waals surface area (Å²) >= 11 is 0. The number of carbonyl (C=O) groups excluding carboxylic acids is 2. The van der Waals surface area contributed by atoms with E-state index in [1.807, 2.05) is 72.4 Å². The average molecular weight is 477 g/mol. The molecule has 6 nitrogen and oxygen atoms in total. The molecule has 0 aromatic rings. The van der Waals surface area contributed by atoms with Gasteiger partial charge in [-0.2, -0.15) is 0 Å². The number of hydrogen-bond donors (Lipinski definition) is 0. The van der Waals surface area contributed by atoms with Gasteiger partial charge in [-0.15, -0.1) is 0 Å². The third kappa shape index (κ3) is 12.3. The van der Waals surface area contributed by atoms with E-state index < -0.39 is 11.2 Å². The molecule has 1 fully saturated rings. The van der Waals surface area contributed by atoms with Crippen molar-refractivity contribution in [3.05, 3.63) is 36.0 Å². The Bertz CT molecular complexity index is 730. The molecular formula is C28H48N2O4. The molecule has 0 aromatic heterocycles. The fraction of sp³-hybridized carbons (Fsp3) is 0.714. The molecule has 0 atom stereocenters. The number of rotatable bonds is 9. The number of ether oxygens (including phenoxy) is 2. The summed E-state index contributed by atoms with van der Waals surface area (Å²) in [7, 11) is 0. The van der Waals surface area contributed by atoms with Gasteiger partial charge in [-0.05, 0) is 80.2 Å². The van der Waals surface area contributed by atoms with E-state index in [0.717, 1.165) is 31.3 Å². The van der Waals surface area contributed by atoms with Crippen molar-refractivity contribution in [2.45, 2.75) is 111 Å². The van der Waals surface area contributed by atoms with E-state index in [0.29, 0.717) is 26.1 Å². The van der Waals surface area contributed by atoms with Gasteiger partial charge in [0, 0.05) is 25.7 Å². The number of carbonyl (C=O) groups is 2. The van der Waals surface area contributed by atoms with Gasteiger partial charge in [0.2, 0.25) is 0 Å². The van der Waals surface area contributed by atoms with E-state index in [9.17, 15) is 9.59 Å². The Labute approximate surface area is 208 Å². The molecule has 1 rings (SSSR count). The van der Waals surface area contributed by atoms with Gasteiger partial charge >= 0.3 is 12.2 Å². The minimum Gasteiger partial charge on any atom is -0.444 e. The molecule has 1 saturated carbocycles. The zero-order valence-electron chi connectivity index (χ0n) is 22.9. The van der Waals surface area contributed by atoms with Crippen LogP contribution < -0.4 is 0 Å². The first-order valence-corrected chi connectivity index (χ1v) is 12.7. The van der Waals surface area contributed by atoms with Crippen molar-refractivity contribution in [3.63, 3.8) is 0 Å². The summed E-state index contributed by atoms with van der Waals surface area (Å²) in [5, 5.41) is 0. The summed E-state index contributed by atoms with van der Waals surface area (Å²) in [6.45, 7) is 20.6. The van der Waals surface area contributed by atoms with Crippen molar-refractivity contribution in [3.8, 4) is 0 Å². The maximum atomic E-state index is 13.0. The molecule has 0 spiro atoms. The van der Waals surface area contributed by atoms with Gasteiger partial charge in [-0.25, -0.2) is 9.59 Å². The summed E-state index contributed by atoms with van der Waals surface area (Å²) in [5.74, 6) is 0. The van der Waals surface area contributed by atoms with Crippen LogP contribution in [0.15, 0.2) is 36.0 Å². The van der Waals surface area contributed by atoms with Gasteiger partial charge in [-0.1, -0.05) is 49.6 Å². The number of allylic oxidation sites excluding steroid dienone is 3. The fourth-order valence-electron chi connectivity index (χ4n) is 3.81. The van der Waals surface area contributed by atoms with Crippen LogP contribution in [-0.2, 0) is 9.47 Å². The Balaban J connectivity index is 2.97. The van der Waals surface area contributed by atoms with Gasteiger partial charge in [-0.3, -0.25) is 0 Å². The van der Waals surface area contributed by atoms with Crippen molar-refractivity contribution in [2.75, 3.05) is 19.6 Å². The quantitative estimate of drug-likeness (QED) is 0.329. The monoisotopic (exact) mass is 476 g/mol. The van der Waals surface area contributed by atoms with Crippen LogP contribution in [-0.4, -0.2) is 58.9 Å². The number of nitrogens with zero attached hydrogens (tertiary/aromatic N) is 2. The highest BCUT2D eigenvalue weighted by Crippen LogP contribution is 2.25. The molecule has 0 heterocycles. The Hall–Kier alpha value is -2.24. The Morgan fingerprint density at radius 1 is 0.882 bits per heavy atom. The third-order valence-corrected chi connectivity index (χ3v) is 5.39. The third-order valence-electron chi connectivity index (χ3n) is 5.39. The van der Waals surface area contributed by atoms with E-state index in [1.165, 1.54) is 12.0 Å². The molecule has 0 radical (unpaired) electrons. The molecule has 6 heteroatoms. The molecule has 1 aliphatic rings. The van der Waals surface area contributed by atoms with Crippen LogP contribution in [0.2, 0.25) is 0 Å². The van der Waals surface area contributed by atoms with E-state index in [2.05, 4.69) is 6.58 Å². The highest BCUT2D eigenvalue weighted by molar-refractivity contribution is 5.69. The lowest BCUT2D eigenvalue weighted by atomic mass is 9.94. The van der Waals surface area contributed by atoms with Crippen LogP contribution in [0.4, 0.5) is 9.59 Å². The lowest BCUT2D eigenvalue weighted by molar-refractivity contribution is 0.0103. The van der Waals surface area contributed by atoms with E-state index in [1.54, 1.807) is 11.0 Å². The molecule has 0 aromatic carbocycles. The predicted octanol–water partition coefficient (Wildman–Crippen LogP) is 7.26. The molecule has 0 saturated heterocycles. The normalized spacial score (nSPS) is 15.4. The minimum atomic E-state index is -0.585. The smallest absolute Gasteiger partial charge is 0.410 e. The van der Waals surface area contributed by atoms with Crippen molar-refractivity contribution in [2.24, 2.45) is 0 Å². The van der Waals surface area contributed by atoms with Crippen molar-refractivity contribution < 1.29 is 19.1 Å². The summed E-state index contributed by atoms with van der Waals surface area (Å²) in [4.78, 5) is 29.5. The zero-order chi connectivity index (χ0) is 25.9. The highest BCUT2D eigenvalue weighted by Gasteiger charge is 2.30. The van der Waals surface area contributed by atoms with Gasteiger partial charge in [0.15, 0.2) is 0 Å². The molecule has 0 bridgehead atoms. The lowest BCUT2D eigenvalue weighted by Gasteiger charge is -2.36. The molecule has 34 heavy (non-hydrogen) atoms. The van der Waals surface area contributed by atoms with Gasteiger partial charge in [0.25, 0.3) is 0 Å². The van der Waals surface area contributed by atoms with Gasteiger partial charge < -0.3 is 19.3 Å². The topological polar surface area (TPSA) is 59.1 Å². The molecule has 2 amide bonds. The molecule has 1 aliphatic carbocycles. The van der Waals surface area contributed by atoms with E-state index in [4.69, 9.17) is 9.47 Å². The van der Waals surface area contributed by atoms with Crippen molar-refractivity contribution in [1.82, 2.24) is 9.80 Å². The van der Waals surface area contributed by atoms with E-state index in [-0.39, 0.29) is 18.2 Å². The molecule has 0 N–H and O–H groups in total. The van der Waals surface area contributed by atoms with Crippen LogP contribution in [0.25, 0.3) is 0 Å². The van der Waals surface area contributed by atoms with Crippen LogP contribution in [0, 0.1) is 0 Å². The predicted molar refractivity (Wildman–Crippen MR) is 140 cm³/mol. The second kappa shape index (κ2) is 13.6. The summed E-state index contributed by atoms with van der Waals surface area (Å²) in [6, 6.07) is 0.194. The van der Waals surface area contributed by atoms with Crippen molar-refractivity contribution >= 4 is 12.2 Å². The van der Waals surface area contributed by atoms with Gasteiger partial charge in [0.1, 0.15) is 11.2 Å². The van der Waals surface area contributed by atoms with Crippen LogP contribution in [0.1, 0.15) is 93.9 Å². The molecule has 194 valence electrons. The zero-order valence-corrected chi connectivity index (χ0v) is 22.9.